The van der Waals surface area contributed by atoms with Gasteiger partial charge in [-0.05, 0) is 32.0 Å². The number of piperazine rings is 1. The standard InChI is InChI=1S/C20H26FN5O3/c1-14(27)23(4)18-17(24-8-10-25(11-9-24)20(2,3)13-22)26(19(28)29-18)16-7-5-6-15(21)12-16/h5-7,12,17-18H,8-11H2,1-4H3. The fraction of sp³-hybridized carbons (Fsp3) is 0.550. The van der Waals surface area contributed by atoms with Crippen LogP contribution in [0.4, 0.5) is 14.9 Å². The van der Waals surface area contributed by atoms with Gasteiger partial charge in [-0.1, -0.05) is 6.07 Å². The molecule has 2 atom stereocenters. The number of ether oxygens (including phenoxy) is 1. The van der Waals surface area contributed by atoms with E-state index in [0.29, 0.717) is 31.9 Å². The summed E-state index contributed by atoms with van der Waals surface area (Å²) in [4.78, 5) is 31.6. The number of cyclic esters (lactones) is 1. The Bertz CT molecular complexity index is 832. The van der Waals surface area contributed by atoms with Gasteiger partial charge in [-0.25, -0.2) is 9.18 Å². The number of carbonyl (C=O) groups is 2. The van der Waals surface area contributed by atoms with Gasteiger partial charge in [-0.2, -0.15) is 5.26 Å². The van der Waals surface area contributed by atoms with Crippen molar-refractivity contribution < 1.29 is 18.7 Å². The van der Waals surface area contributed by atoms with Crippen molar-refractivity contribution in [2.75, 3.05) is 38.1 Å². The van der Waals surface area contributed by atoms with Crippen LogP contribution in [0, 0.1) is 17.1 Å². The highest BCUT2D eigenvalue weighted by Crippen LogP contribution is 2.32. The predicted molar refractivity (Wildman–Crippen MR) is 104 cm³/mol. The SMILES string of the molecule is CC(=O)N(C)C1OC(=O)N(c2cccc(F)c2)C1N1CCN(C(C)(C)C#N)CC1. The average Bonchev–Trinajstić information content (AvgIpc) is 3.04. The minimum absolute atomic E-state index is 0.238. The van der Waals surface area contributed by atoms with Gasteiger partial charge >= 0.3 is 6.09 Å². The second-order valence-electron chi connectivity index (χ2n) is 7.86. The van der Waals surface area contributed by atoms with Gasteiger partial charge in [-0.15, -0.1) is 0 Å². The molecule has 8 nitrogen and oxygen atoms in total. The molecule has 2 fully saturated rings. The van der Waals surface area contributed by atoms with E-state index in [4.69, 9.17) is 4.74 Å². The summed E-state index contributed by atoms with van der Waals surface area (Å²) in [6.07, 6.45) is -2.04. The van der Waals surface area contributed by atoms with Crippen molar-refractivity contribution in [3.05, 3.63) is 30.1 Å². The quantitative estimate of drug-likeness (QED) is 0.763. The zero-order valence-electron chi connectivity index (χ0n) is 17.1. The molecule has 0 aliphatic carbocycles. The van der Waals surface area contributed by atoms with Crippen LogP contribution in [0.15, 0.2) is 24.3 Å². The minimum atomic E-state index is -0.821. The Morgan fingerprint density at radius 1 is 1.31 bits per heavy atom. The molecule has 0 aromatic heterocycles. The molecule has 0 bridgehead atoms. The first-order chi connectivity index (χ1) is 13.7. The largest absolute Gasteiger partial charge is 0.421 e. The van der Waals surface area contributed by atoms with E-state index in [9.17, 15) is 19.2 Å². The number of carbonyl (C=O) groups excluding carboxylic acids is 2. The van der Waals surface area contributed by atoms with Crippen molar-refractivity contribution >= 4 is 17.7 Å². The Morgan fingerprint density at radius 3 is 2.52 bits per heavy atom. The first-order valence-corrected chi connectivity index (χ1v) is 9.55. The van der Waals surface area contributed by atoms with Crippen LogP contribution in [-0.2, 0) is 9.53 Å². The summed E-state index contributed by atoms with van der Waals surface area (Å²) in [5.41, 5.74) is -0.217. The third-order valence-corrected chi connectivity index (χ3v) is 5.66. The van der Waals surface area contributed by atoms with Gasteiger partial charge in [0, 0.05) is 40.2 Å². The van der Waals surface area contributed by atoms with Crippen molar-refractivity contribution in [2.45, 2.75) is 38.7 Å². The lowest BCUT2D eigenvalue weighted by Gasteiger charge is -2.45. The van der Waals surface area contributed by atoms with Crippen LogP contribution < -0.4 is 4.90 Å². The Balaban J connectivity index is 1.90. The van der Waals surface area contributed by atoms with Crippen LogP contribution in [-0.4, -0.2) is 77.9 Å². The van der Waals surface area contributed by atoms with Crippen LogP contribution in [0.5, 0.6) is 0 Å². The molecule has 2 heterocycles. The average molecular weight is 403 g/mol. The third kappa shape index (κ3) is 4.04. The molecule has 2 saturated heterocycles. The molecule has 0 N–H and O–H groups in total. The first-order valence-electron chi connectivity index (χ1n) is 9.55. The van der Waals surface area contributed by atoms with E-state index in [2.05, 4.69) is 11.0 Å². The molecule has 3 rings (SSSR count). The number of hydrogen-bond donors (Lipinski definition) is 0. The first kappa shape index (κ1) is 21.0. The highest BCUT2D eigenvalue weighted by molar-refractivity contribution is 5.91. The monoisotopic (exact) mass is 403 g/mol. The number of anilines is 1. The molecular formula is C20H26FN5O3. The zero-order valence-corrected chi connectivity index (χ0v) is 17.1. The van der Waals surface area contributed by atoms with Gasteiger partial charge < -0.3 is 9.64 Å². The van der Waals surface area contributed by atoms with E-state index in [-0.39, 0.29) is 5.91 Å². The number of benzene rings is 1. The molecule has 2 unspecified atom stereocenters. The van der Waals surface area contributed by atoms with Crippen LogP contribution in [0.3, 0.4) is 0 Å². The lowest BCUT2D eigenvalue weighted by Crippen LogP contribution is -2.62. The molecule has 2 aliphatic heterocycles. The number of rotatable bonds is 4. The normalized spacial score (nSPS) is 23.6. The van der Waals surface area contributed by atoms with Gasteiger partial charge in [-0.3, -0.25) is 19.5 Å². The van der Waals surface area contributed by atoms with E-state index in [1.54, 1.807) is 13.1 Å². The van der Waals surface area contributed by atoms with Crippen molar-refractivity contribution in [1.82, 2.24) is 14.7 Å². The second-order valence-corrected chi connectivity index (χ2v) is 7.86. The van der Waals surface area contributed by atoms with Crippen LogP contribution in [0.2, 0.25) is 0 Å². The highest BCUT2D eigenvalue weighted by Gasteiger charge is 2.49. The molecule has 0 saturated carbocycles. The van der Waals surface area contributed by atoms with Crippen LogP contribution in [0.1, 0.15) is 20.8 Å². The van der Waals surface area contributed by atoms with Crippen molar-refractivity contribution in [1.29, 1.82) is 5.26 Å². The Labute approximate surface area is 170 Å². The van der Waals surface area contributed by atoms with Crippen molar-refractivity contribution in [2.24, 2.45) is 0 Å². The molecule has 156 valence electrons. The summed E-state index contributed by atoms with van der Waals surface area (Å²) >= 11 is 0. The molecule has 2 aliphatic rings. The van der Waals surface area contributed by atoms with E-state index in [1.165, 1.54) is 34.9 Å². The summed E-state index contributed by atoms with van der Waals surface area (Å²) in [5.74, 6) is -0.698. The van der Waals surface area contributed by atoms with E-state index in [1.807, 2.05) is 18.7 Å². The second kappa shape index (κ2) is 7.97. The van der Waals surface area contributed by atoms with Gasteiger partial charge in [0.1, 0.15) is 11.4 Å². The Morgan fingerprint density at radius 2 is 1.97 bits per heavy atom. The highest BCUT2D eigenvalue weighted by atomic mass is 19.1. The number of nitrogens with zero attached hydrogens (tertiary/aromatic N) is 5. The van der Waals surface area contributed by atoms with Crippen LogP contribution >= 0.6 is 0 Å². The smallest absolute Gasteiger partial charge is 0.417 e. The number of hydrogen-bond acceptors (Lipinski definition) is 6. The van der Waals surface area contributed by atoms with Gasteiger partial charge in [0.15, 0.2) is 6.17 Å². The molecular weight excluding hydrogens is 377 g/mol. The van der Waals surface area contributed by atoms with Crippen LogP contribution in [0.25, 0.3) is 0 Å². The van der Waals surface area contributed by atoms with Crippen molar-refractivity contribution in [3.63, 3.8) is 0 Å². The summed E-state index contributed by atoms with van der Waals surface area (Å²) in [6, 6.07) is 8.07. The number of nitriles is 1. The minimum Gasteiger partial charge on any atom is -0.421 e. The Hall–Kier alpha value is -2.70. The molecule has 29 heavy (non-hydrogen) atoms. The topological polar surface area (TPSA) is 80.1 Å². The molecule has 0 radical (unpaired) electrons. The van der Waals surface area contributed by atoms with E-state index >= 15 is 0 Å². The number of likely N-dealkylation sites (N-methyl/N-ethyl adjacent to an activating group) is 1. The van der Waals surface area contributed by atoms with E-state index < -0.39 is 29.8 Å². The predicted octanol–water partition coefficient (Wildman–Crippen LogP) is 1.83. The Kier molecular flexibility index (Phi) is 5.78. The molecule has 9 heteroatoms. The summed E-state index contributed by atoms with van der Waals surface area (Å²) < 4.78 is 19.4. The number of amides is 2. The number of halogens is 1. The molecule has 1 aromatic rings. The summed E-state index contributed by atoms with van der Waals surface area (Å²) in [5, 5.41) is 9.39. The lowest BCUT2D eigenvalue weighted by atomic mass is 10.0. The lowest BCUT2D eigenvalue weighted by molar-refractivity contribution is -0.138. The fourth-order valence-electron chi connectivity index (χ4n) is 3.76. The van der Waals surface area contributed by atoms with Gasteiger partial charge in [0.25, 0.3) is 0 Å². The summed E-state index contributed by atoms with van der Waals surface area (Å²) in [6.45, 7) is 7.54. The maximum Gasteiger partial charge on any atom is 0.417 e. The van der Waals surface area contributed by atoms with Gasteiger partial charge in [0.05, 0.1) is 11.8 Å². The molecule has 1 aromatic carbocycles. The fourth-order valence-corrected chi connectivity index (χ4v) is 3.76. The summed E-state index contributed by atoms with van der Waals surface area (Å²) in [7, 11) is 1.58. The maximum absolute atomic E-state index is 13.8. The van der Waals surface area contributed by atoms with Gasteiger partial charge in [0.2, 0.25) is 12.1 Å². The van der Waals surface area contributed by atoms with Crippen molar-refractivity contribution in [3.8, 4) is 6.07 Å². The maximum atomic E-state index is 13.8. The zero-order chi connectivity index (χ0) is 21.3. The molecule has 0 spiro atoms. The van der Waals surface area contributed by atoms with E-state index in [0.717, 1.165) is 0 Å². The third-order valence-electron chi connectivity index (χ3n) is 5.66. The molecule has 2 amide bonds.